The summed E-state index contributed by atoms with van der Waals surface area (Å²) in [4.78, 5) is 14.5. The lowest BCUT2D eigenvalue weighted by Gasteiger charge is -2.01. The van der Waals surface area contributed by atoms with Gasteiger partial charge in [-0.2, -0.15) is 0 Å². The average Bonchev–Trinajstić information content (AvgIpc) is 2.68. The van der Waals surface area contributed by atoms with E-state index in [-0.39, 0.29) is 18.1 Å². The second kappa shape index (κ2) is 4.89. The van der Waals surface area contributed by atoms with E-state index in [0.717, 1.165) is 0 Å². The van der Waals surface area contributed by atoms with E-state index in [0.29, 0.717) is 21.1 Å². The van der Waals surface area contributed by atoms with Crippen molar-refractivity contribution in [2.75, 3.05) is 13.7 Å². The number of ether oxygens (including phenoxy) is 2. The fraction of sp³-hybridized carbons (Fsp3) is 0.250. The number of benzene rings is 1. The topological polar surface area (TPSA) is 71.6 Å². The summed E-state index contributed by atoms with van der Waals surface area (Å²) >= 11 is 3.35. The van der Waals surface area contributed by atoms with Gasteiger partial charge in [-0.25, -0.2) is 4.79 Å². The van der Waals surface area contributed by atoms with E-state index in [1.54, 1.807) is 19.1 Å². The highest BCUT2D eigenvalue weighted by Crippen LogP contribution is 2.36. The smallest absolute Gasteiger partial charge is 0.358 e. The summed E-state index contributed by atoms with van der Waals surface area (Å²) in [5, 5.41) is 10.5. The molecule has 0 spiro atoms. The highest BCUT2D eigenvalue weighted by atomic mass is 79.9. The van der Waals surface area contributed by atoms with Crippen LogP contribution in [0.3, 0.4) is 0 Å². The number of hydrogen-bond donors (Lipinski definition) is 2. The second-order valence-corrected chi connectivity index (χ2v) is 4.46. The van der Waals surface area contributed by atoms with E-state index in [1.807, 2.05) is 0 Å². The number of rotatable bonds is 3. The second-order valence-electron chi connectivity index (χ2n) is 3.60. The van der Waals surface area contributed by atoms with E-state index < -0.39 is 5.97 Å². The number of carbonyl (C=O) groups is 1. The van der Waals surface area contributed by atoms with Crippen molar-refractivity contribution in [2.24, 2.45) is 0 Å². The predicted octanol–water partition coefficient (Wildman–Crippen LogP) is 2.82. The first-order chi connectivity index (χ1) is 8.58. The predicted molar refractivity (Wildman–Crippen MR) is 70.2 cm³/mol. The SMILES string of the molecule is CCOC(=O)c1[nH]c2c(Br)cc(OC)cc2c1O. The summed E-state index contributed by atoms with van der Waals surface area (Å²) < 4.78 is 10.7. The normalized spacial score (nSPS) is 10.6. The zero-order valence-corrected chi connectivity index (χ0v) is 11.5. The summed E-state index contributed by atoms with van der Waals surface area (Å²) in [6.07, 6.45) is 0. The van der Waals surface area contributed by atoms with Crippen LogP contribution in [0.2, 0.25) is 0 Å². The fourth-order valence-corrected chi connectivity index (χ4v) is 2.22. The van der Waals surface area contributed by atoms with Gasteiger partial charge in [0.1, 0.15) is 5.75 Å². The van der Waals surface area contributed by atoms with Gasteiger partial charge in [0.15, 0.2) is 11.4 Å². The van der Waals surface area contributed by atoms with Gasteiger partial charge in [-0.15, -0.1) is 0 Å². The number of fused-ring (bicyclic) bond motifs is 1. The Morgan fingerprint density at radius 3 is 2.83 bits per heavy atom. The lowest BCUT2D eigenvalue weighted by atomic mass is 10.2. The number of H-pyrrole nitrogens is 1. The molecule has 2 rings (SSSR count). The van der Waals surface area contributed by atoms with Crippen LogP contribution in [0.25, 0.3) is 10.9 Å². The van der Waals surface area contributed by atoms with Crippen LogP contribution in [0.5, 0.6) is 11.5 Å². The van der Waals surface area contributed by atoms with Crippen LogP contribution in [0.4, 0.5) is 0 Å². The Labute approximate surface area is 112 Å². The average molecular weight is 314 g/mol. The Morgan fingerprint density at radius 2 is 2.22 bits per heavy atom. The third-order valence-corrected chi connectivity index (χ3v) is 3.15. The minimum atomic E-state index is -0.586. The third kappa shape index (κ3) is 2.03. The Morgan fingerprint density at radius 1 is 1.50 bits per heavy atom. The molecule has 0 aliphatic rings. The number of nitrogens with one attached hydrogen (secondary N) is 1. The number of methoxy groups -OCH3 is 1. The molecule has 0 saturated carbocycles. The molecule has 1 aromatic carbocycles. The van der Waals surface area contributed by atoms with Gasteiger partial charge in [0, 0.05) is 9.86 Å². The van der Waals surface area contributed by atoms with Crippen molar-refractivity contribution in [3.05, 3.63) is 22.3 Å². The summed E-state index contributed by atoms with van der Waals surface area (Å²) in [6, 6.07) is 3.39. The molecule has 18 heavy (non-hydrogen) atoms. The molecular formula is C12H12BrNO4. The lowest BCUT2D eigenvalue weighted by molar-refractivity contribution is 0.0517. The number of halogens is 1. The Kier molecular flexibility index (Phi) is 3.47. The molecular weight excluding hydrogens is 302 g/mol. The lowest BCUT2D eigenvalue weighted by Crippen LogP contribution is -2.04. The van der Waals surface area contributed by atoms with Crippen molar-refractivity contribution in [3.8, 4) is 11.5 Å². The molecule has 0 unspecified atom stereocenters. The summed E-state index contributed by atoms with van der Waals surface area (Å²) in [5.41, 5.74) is 0.664. The quantitative estimate of drug-likeness (QED) is 0.855. The summed E-state index contributed by atoms with van der Waals surface area (Å²) in [6.45, 7) is 1.95. The molecule has 2 N–H and O–H groups in total. The van der Waals surface area contributed by atoms with Crippen molar-refractivity contribution in [1.29, 1.82) is 0 Å². The van der Waals surface area contributed by atoms with Gasteiger partial charge in [-0.1, -0.05) is 0 Å². The maximum atomic E-state index is 11.6. The monoisotopic (exact) mass is 313 g/mol. The molecule has 0 atom stereocenters. The fourth-order valence-electron chi connectivity index (χ4n) is 1.68. The number of aromatic amines is 1. The molecule has 0 radical (unpaired) electrons. The van der Waals surface area contributed by atoms with Gasteiger partial charge in [-0.05, 0) is 35.0 Å². The first-order valence-electron chi connectivity index (χ1n) is 5.33. The zero-order valence-electron chi connectivity index (χ0n) is 9.91. The van der Waals surface area contributed by atoms with Crippen LogP contribution in [0.15, 0.2) is 16.6 Å². The molecule has 0 amide bonds. The minimum absolute atomic E-state index is 0.0424. The van der Waals surface area contributed by atoms with Crippen LogP contribution in [-0.4, -0.2) is 29.8 Å². The standard InChI is InChI=1S/C12H12BrNO4/c1-3-18-12(16)10-11(15)7-4-6(17-2)5-8(13)9(7)14-10/h4-5,14-15H,3H2,1-2H3. The highest BCUT2D eigenvalue weighted by molar-refractivity contribution is 9.10. The zero-order chi connectivity index (χ0) is 13.3. The van der Waals surface area contributed by atoms with Crippen LogP contribution >= 0.6 is 15.9 Å². The molecule has 5 nitrogen and oxygen atoms in total. The number of carbonyl (C=O) groups excluding carboxylic acids is 1. The highest BCUT2D eigenvalue weighted by Gasteiger charge is 2.20. The van der Waals surface area contributed by atoms with Crippen molar-refractivity contribution in [3.63, 3.8) is 0 Å². The molecule has 2 aromatic rings. The number of aromatic nitrogens is 1. The number of esters is 1. The molecule has 0 aliphatic carbocycles. The summed E-state index contributed by atoms with van der Waals surface area (Å²) in [7, 11) is 1.53. The van der Waals surface area contributed by atoms with Crippen LogP contribution < -0.4 is 4.74 Å². The van der Waals surface area contributed by atoms with E-state index >= 15 is 0 Å². The van der Waals surface area contributed by atoms with E-state index in [2.05, 4.69) is 20.9 Å². The molecule has 0 bridgehead atoms. The largest absolute Gasteiger partial charge is 0.505 e. The molecule has 0 aliphatic heterocycles. The Hall–Kier alpha value is -1.69. The minimum Gasteiger partial charge on any atom is -0.505 e. The van der Waals surface area contributed by atoms with Gasteiger partial charge >= 0.3 is 5.97 Å². The van der Waals surface area contributed by atoms with Crippen LogP contribution in [-0.2, 0) is 4.74 Å². The molecule has 6 heteroatoms. The maximum Gasteiger partial charge on any atom is 0.358 e. The summed E-state index contributed by atoms with van der Waals surface area (Å²) in [5.74, 6) is -0.140. The van der Waals surface area contributed by atoms with Crippen molar-refractivity contribution >= 4 is 32.8 Å². The van der Waals surface area contributed by atoms with E-state index in [1.165, 1.54) is 7.11 Å². The van der Waals surface area contributed by atoms with Gasteiger partial charge < -0.3 is 19.6 Å². The van der Waals surface area contributed by atoms with E-state index in [9.17, 15) is 9.90 Å². The van der Waals surface area contributed by atoms with Crippen molar-refractivity contribution in [2.45, 2.75) is 6.92 Å². The Bertz CT molecular complexity index is 606. The third-order valence-electron chi connectivity index (χ3n) is 2.52. The van der Waals surface area contributed by atoms with Gasteiger partial charge in [0.05, 0.1) is 19.2 Å². The van der Waals surface area contributed by atoms with Crippen LogP contribution in [0.1, 0.15) is 17.4 Å². The Balaban J connectivity index is 2.62. The molecule has 1 heterocycles. The molecule has 1 aromatic heterocycles. The molecule has 0 fully saturated rings. The molecule has 96 valence electrons. The van der Waals surface area contributed by atoms with Crippen molar-refractivity contribution in [1.82, 2.24) is 4.98 Å². The maximum absolute atomic E-state index is 11.6. The number of aromatic hydroxyl groups is 1. The molecule has 0 saturated heterocycles. The van der Waals surface area contributed by atoms with Gasteiger partial charge in [0.25, 0.3) is 0 Å². The van der Waals surface area contributed by atoms with E-state index in [4.69, 9.17) is 9.47 Å². The first kappa shape index (κ1) is 12.8. The van der Waals surface area contributed by atoms with Crippen molar-refractivity contribution < 1.29 is 19.4 Å². The van der Waals surface area contributed by atoms with Gasteiger partial charge in [0.2, 0.25) is 0 Å². The van der Waals surface area contributed by atoms with Crippen LogP contribution in [0, 0.1) is 0 Å². The number of hydrogen-bond acceptors (Lipinski definition) is 4. The first-order valence-corrected chi connectivity index (χ1v) is 6.13. The van der Waals surface area contributed by atoms with Gasteiger partial charge in [-0.3, -0.25) is 0 Å².